The Morgan fingerprint density at radius 3 is 2.26 bits per heavy atom. The number of rotatable bonds is 12. The first-order valence-electron chi connectivity index (χ1n) is 22.0. The molecule has 4 fully saturated rings. The summed E-state index contributed by atoms with van der Waals surface area (Å²) in [7, 11) is -0.894. The zero-order valence-electron chi connectivity index (χ0n) is 35.9. The fourth-order valence-electron chi connectivity index (χ4n) is 9.71. The Hall–Kier alpha value is -4.97. The van der Waals surface area contributed by atoms with E-state index in [0.717, 1.165) is 100 Å². The van der Waals surface area contributed by atoms with Crippen LogP contribution in [0.3, 0.4) is 0 Å². The molecule has 1 aliphatic carbocycles. The number of piperazine rings is 1. The lowest BCUT2D eigenvalue weighted by Gasteiger charge is -2.43. The van der Waals surface area contributed by atoms with Crippen molar-refractivity contribution in [2.24, 2.45) is 5.92 Å². The Balaban J connectivity index is 0.774. The molecule has 328 valence electrons. The average Bonchev–Trinajstić information content (AvgIpc) is 3.28. The van der Waals surface area contributed by atoms with Gasteiger partial charge in [0.05, 0.1) is 30.6 Å². The normalized spacial score (nSPS) is 21.6. The lowest BCUT2D eigenvalue weighted by Crippen LogP contribution is -2.54. The lowest BCUT2D eigenvalue weighted by molar-refractivity contribution is -0.135. The molecule has 13 nitrogen and oxygen atoms in total. The third-order valence-corrected chi connectivity index (χ3v) is 15.1. The van der Waals surface area contributed by atoms with Crippen molar-refractivity contribution in [3.63, 3.8) is 0 Å². The first kappa shape index (κ1) is 43.7. The maximum absolute atomic E-state index is 13.5. The van der Waals surface area contributed by atoms with E-state index in [0.29, 0.717) is 71.3 Å². The second-order valence-corrected chi connectivity index (χ2v) is 21.2. The van der Waals surface area contributed by atoms with E-state index in [1.54, 1.807) is 20.4 Å². The number of piperidine rings is 2. The van der Waals surface area contributed by atoms with Crippen molar-refractivity contribution in [3.8, 4) is 5.75 Å². The molecular formula is C47H58ClN8O5P. The number of benzene rings is 3. The first-order valence-corrected chi connectivity index (χ1v) is 25.0. The van der Waals surface area contributed by atoms with Crippen LogP contribution in [-0.4, -0.2) is 103 Å². The van der Waals surface area contributed by atoms with Crippen LogP contribution in [0.1, 0.15) is 80.8 Å². The molecule has 1 unspecified atom stereocenters. The molecular weight excluding hydrogens is 823 g/mol. The number of hydrogen-bond acceptors (Lipinski definition) is 11. The summed E-state index contributed by atoms with van der Waals surface area (Å²) in [4.78, 5) is 53.4. The number of nitrogens with one attached hydrogen (secondary N) is 3. The van der Waals surface area contributed by atoms with Crippen molar-refractivity contribution in [2.75, 3.05) is 75.2 Å². The van der Waals surface area contributed by atoms with E-state index in [1.165, 1.54) is 11.8 Å². The van der Waals surface area contributed by atoms with Gasteiger partial charge in [-0.2, -0.15) is 4.98 Å². The minimum Gasteiger partial charge on any atom is -0.494 e. The minimum atomic E-state index is -2.55. The van der Waals surface area contributed by atoms with E-state index in [-0.39, 0.29) is 17.7 Å². The van der Waals surface area contributed by atoms with Gasteiger partial charge in [0, 0.05) is 75.2 Å². The molecule has 1 saturated carbocycles. The third kappa shape index (κ3) is 10.3. The third-order valence-electron chi connectivity index (χ3n) is 13.3. The van der Waals surface area contributed by atoms with Gasteiger partial charge in [-0.05, 0) is 106 Å². The summed E-state index contributed by atoms with van der Waals surface area (Å²) in [6, 6.07) is 22.5. The van der Waals surface area contributed by atoms with Gasteiger partial charge in [-0.25, -0.2) is 4.98 Å². The summed E-state index contributed by atoms with van der Waals surface area (Å²) >= 11 is 6.49. The lowest BCUT2D eigenvalue weighted by atomic mass is 9.77. The number of imide groups is 1. The zero-order valence-corrected chi connectivity index (χ0v) is 37.6. The monoisotopic (exact) mass is 880 g/mol. The highest BCUT2D eigenvalue weighted by molar-refractivity contribution is 7.70. The fraction of sp³-hybridized carbons (Fsp3) is 0.468. The molecule has 0 bridgehead atoms. The topological polar surface area (TPSA) is 149 Å². The number of ether oxygens (including phenoxy) is 1. The Kier molecular flexibility index (Phi) is 13.5. The zero-order chi connectivity index (χ0) is 43.4. The summed E-state index contributed by atoms with van der Waals surface area (Å²) in [5.74, 6) is 2.00. The van der Waals surface area contributed by atoms with Crippen LogP contribution in [0.2, 0.25) is 5.02 Å². The Morgan fingerprint density at radius 2 is 1.56 bits per heavy atom. The van der Waals surface area contributed by atoms with Gasteiger partial charge in [-0.15, -0.1) is 0 Å². The highest BCUT2D eigenvalue weighted by Gasteiger charge is 2.32. The predicted molar refractivity (Wildman–Crippen MR) is 246 cm³/mol. The standard InChI is InChI=1S/C47H58ClN8O5P/c1-61-41-29-36(16-18-39(41)51-47-49-30-38(48)45(53-47)50-40-6-4-5-7-42(40)62(2,3)60)54-22-20-35(21-23-54)55-24-26-56(27-25-55)44(58)28-31-8-10-32(11-9-31)33-12-14-34(15-13-33)37-17-19-43(57)52-46(37)59/h4-7,12-16,18,29-32,35,37H,8-11,17,19-28H2,1-3H3,(H,52,57,59)(H2,49,50,51,53). The van der Waals surface area contributed by atoms with Crippen LogP contribution in [0.15, 0.2) is 72.9 Å². The summed E-state index contributed by atoms with van der Waals surface area (Å²) < 4.78 is 18.7. The summed E-state index contributed by atoms with van der Waals surface area (Å²) in [6.45, 7) is 8.76. The van der Waals surface area contributed by atoms with Gasteiger partial charge in [0.2, 0.25) is 23.7 Å². The molecule has 4 heterocycles. The van der Waals surface area contributed by atoms with Crippen molar-refractivity contribution in [3.05, 3.63) is 89.1 Å². The molecule has 0 radical (unpaired) electrons. The number of anilines is 5. The number of halogens is 1. The van der Waals surface area contributed by atoms with E-state index in [2.05, 4.69) is 70.9 Å². The van der Waals surface area contributed by atoms with Gasteiger partial charge in [0.1, 0.15) is 17.9 Å². The first-order chi connectivity index (χ1) is 29.9. The number of hydrogen-bond donors (Lipinski definition) is 3. The van der Waals surface area contributed by atoms with Crippen LogP contribution in [0.4, 0.5) is 28.8 Å². The maximum atomic E-state index is 13.5. The molecule has 0 spiro atoms. The number of nitrogens with zero attached hydrogens (tertiary/aromatic N) is 5. The molecule has 3 N–H and O–H groups in total. The predicted octanol–water partition coefficient (Wildman–Crippen LogP) is 7.87. The second kappa shape index (κ2) is 19.2. The number of para-hydroxylation sites is 1. The van der Waals surface area contributed by atoms with Gasteiger partial charge in [-0.3, -0.25) is 24.6 Å². The molecule has 8 rings (SSSR count). The number of carbonyl (C=O) groups excluding carboxylic acids is 3. The highest BCUT2D eigenvalue weighted by Crippen LogP contribution is 2.40. The summed E-state index contributed by atoms with van der Waals surface area (Å²) in [5, 5.41) is 10.1. The van der Waals surface area contributed by atoms with Crippen LogP contribution in [0, 0.1) is 5.92 Å². The molecule has 1 aromatic heterocycles. The van der Waals surface area contributed by atoms with E-state index >= 15 is 0 Å². The van der Waals surface area contributed by atoms with E-state index in [1.807, 2.05) is 36.4 Å². The molecule has 3 amide bonds. The smallest absolute Gasteiger partial charge is 0.234 e. The molecule has 62 heavy (non-hydrogen) atoms. The Bertz CT molecular complexity index is 2300. The van der Waals surface area contributed by atoms with Crippen LogP contribution in [0.25, 0.3) is 0 Å². The second-order valence-electron chi connectivity index (χ2n) is 17.6. The molecule has 1 atom stereocenters. The van der Waals surface area contributed by atoms with Crippen LogP contribution >= 0.6 is 18.7 Å². The molecule has 4 aromatic rings. The SMILES string of the molecule is COc1cc(N2CCC(N3CCN(C(=O)CC4CCC(c5ccc(C6CCC(=O)NC6=O)cc5)CC4)CC3)CC2)ccc1Nc1ncc(Cl)c(Nc2ccccc2P(C)(C)=O)n1. The number of aromatic nitrogens is 2. The van der Waals surface area contributed by atoms with Crippen LogP contribution < -0.4 is 30.9 Å². The van der Waals surface area contributed by atoms with Gasteiger partial charge in [0.25, 0.3) is 0 Å². The maximum Gasteiger partial charge on any atom is 0.234 e. The van der Waals surface area contributed by atoms with E-state index < -0.39 is 7.14 Å². The highest BCUT2D eigenvalue weighted by atomic mass is 35.5. The van der Waals surface area contributed by atoms with E-state index in [9.17, 15) is 18.9 Å². The fourth-order valence-corrected chi connectivity index (χ4v) is 11.0. The van der Waals surface area contributed by atoms with Crippen LogP contribution in [0.5, 0.6) is 5.75 Å². The van der Waals surface area contributed by atoms with Crippen molar-refractivity contribution < 1.29 is 23.7 Å². The van der Waals surface area contributed by atoms with Crippen molar-refractivity contribution in [1.82, 2.24) is 25.1 Å². The largest absolute Gasteiger partial charge is 0.494 e. The Labute approximate surface area is 369 Å². The van der Waals surface area contributed by atoms with Gasteiger partial charge < -0.3 is 29.7 Å². The van der Waals surface area contributed by atoms with Gasteiger partial charge in [0.15, 0.2) is 5.82 Å². The van der Waals surface area contributed by atoms with Crippen LogP contribution in [-0.2, 0) is 18.9 Å². The van der Waals surface area contributed by atoms with Crippen molar-refractivity contribution in [2.45, 2.75) is 75.7 Å². The summed E-state index contributed by atoms with van der Waals surface area (Å²) in [5.41, 5.74) is 4.79. The molecule has 3 aliphatic heterocycles. The molecule has 3 aromatic carbocycles. The van der Waals surface area contributed by atoms with Gasteiger partial charge >= 0.3 is 0 Å². The minimum absolute atomic E-state index is 0.186. The molecule has 15 heteroatoms. The summed E-state index contributed by atoms with van der Waals surface area (Å²) in [6.07, 6.45) is 9.52. The number of amides is 3. The quantitative estimate of drug-likeness (QED) is 0.0943. The Morgan fingerprint density at radius 1 is 0.855 bits per heavy atom. The van der Waals surface area contributed by atoms with Crippen molar-refractivity contribution >= 4 is 70.6 Å². The molecule has 4 aliphatic rings. The van der Waals surface area contributed by atoms with E-state index in [4.69, 9.17) is 16.3 Å². The van der Waals surface area contributed by atoms with Gasteiger partial charge in [-0.1, -0.05) is 48.0 Å². The average molecular weight is 881 g/mol. The molecule has 3 saturated heterocycles. The number of methoxy groups -OCH3 is 1. The number of carbonyl (C=O) groups is 3. The van der Waals surface area contributed by atoms with Crippen molar-refractivity contribution in [1.29, 1.82) is 0 Å².